The van der Waals surface area contributed by atoms with Crippen LogP contribution in [0.5, 0.6) is 0 Å². The normalized spacial score (nSPS) is 16.1. The van der Waals surface area contributed by atoms with Crippen LogP contribution >= 0.6 is 34.7 Å². The van der Waals surface area contributed by atoms with Gasteiger partial charge in [-0.15, -0.1) is 23.1 Å². The summed E-state index contributed by atoms with van der Waals surface area (Å²) in [6, 6.07) is 15.5. The van der Waals surface area contributed by atoms with Crippen molar-refractivity contribution in [1.82, 2.24) is 0 Å². The van der Waals surface area contributed by atoms with E-state index in [9.17, 15) is 4.79 Å². The van der Waals surface area contributed by atoms with Gasteiger partial charge in [-0.2, -0.15) is 0 Å². The number of carbonyl (C=O) groups is 1. The molecule has 1 atom stereocenters. The van der Waals surface area contributed by atoms with Crippen LogP contribution < -0.4 is 5.32 Å². The summed E-state index contributed by atoms with van der Waals surface area (Å²) in [4.78, 5) is 20.7. The lowest BCUT2D eigenvalue weighted by Crippen LogP contribution is -2.27. The van der Waals surface area contributed by atoms with E-state index in [2.05, 4.69) is 56.6 Å². The Balaban J connectivity index is 1.68. The molecule has 3 aromatic rings. The van der Waals surface area contributed by atoms with Gasteiger partial charge in [0.15, 0.2) is 0 Å². The quantitative estimate of drug-likeness (QED) is 0.285. The number of fused-ring (bicyclic) bond motifs is 1. The van der Waals surface area contributed by atoms with E-state index in [1.54, 1.807) is 35.2 Å². The monoisotopic (exact) mass is 496 g/mol. The minimum absolute atomic E-state index is 0.103. The molecule has 1 heterocycles. The number of carbonyl (C=O) groups excluding carboxylic acids is 1. The molecule has 172 valence electrons. The first-order chi connectivity index (χ1) is 15.7. The maximum atomic E-state index is 13.4. The Kier molecular flexibility index (Phi) is 7.32. The summed E-state index contributed by atoms with van der Waals surface area (Å²) in [5.41, 5.74) is 3.88. The minimum Gasteiger partial charge on any atom is -0.322 e. The summed E-state index contributed by atoms with van der Waals surface area (Å²) in [5.74, 6) is 0.501. The van der Waals surface area contributed by atoms with E-state index in [0.29, 0.717) is 16.5 Å². The number of thioether (sulfide) groups is 1. The summed E-state index contributed by atoms with van der Waals surface area (Å²) in [7, 11) is 0. The largest absolute Gasteiger partial charge is 0.322 e. The molecule has 0 bridgehead atoms. The molecule has 1 amide bonds. The molecule has 0 unspecified atom stereocenters. The van der Waals surface area contributed by atoms with E-state index >= 15 is 0 Å². The third kappa shape index (κ3) is 5.71. The van der Waals surface area contributed by atoms with Crippen molar-refractivity contribution in [1.29, 1.82) is 0 Å². The fraction of sp³-hybridized carbons (Fsp3) is 0.333. The number of thiophene rings is 1. The van der Waals surface area contributed by atoms with Crippen molar-refractivity contribution in [2.75, 3.05) is 11.6 Å². The zero-order valence-electron chi connectivity index (χ0n) is 19.4. The predicted molar refractivity (Wildman–Crippen MR) is 144 cm³/mol. The van der Waals surface area contributed by atoms with Gasteiger partial charge >= 0.3 is 0 Å². The van der Waals surface area contributed by atoms with Crippen LogP contribution in [0, 0.1) is 11.3 Å². The average molecular weight is 497 g/mol. The Morgan fingerprint density at radius 3 is 2.48 bits per heavy atom. The molecule has 6 heteroatoms. The standard InChI is InChI=1S/C27H29ClN2OS2/c1-27(2,3)18-7-14-22-23(15-18)33-26(29-16-17-5-12-21(32-4)13-6-17)24(22)25(31)30-20-10-8-19(28)9-11-20/h5-6,8-13,16,18H,7,14-15H2,1-4H3,(H,30,31)/t18-/m1/s1. The second-order valence-electron chi connectivity index (χ2n) is 9.48. The molecule has 1 aromatic heterocycles. The Labute approximate surface area is 209 Å². The van der Waals surface area contributed by atoms with Crippen LogP contribution in [0.4, 0.5) is 10.7 Å². The molecule has 0 saturated carbocycles. The van der Waals surface area contributed by atoms with Crippen LogP contribution in [0.2, 0.25) is 5.02 Å². The van der Waals surface area contributed by atoms with Crippen molar-refractivity contribution in [3.8, 4) is 0 Å². The molecule has 0 radical (unpaired) electrons. The van der Waals surface area contributed by atoms with E-state index < -0.39 is 0 Å². The zero-order valence-corrected chi connectivity index (χ0v) is 21.8. The summed E-state index contributed by atoms with van der Waals surface area (Å²) < 4.78 is 0. The number of anilines is 1. The average Bonchev–Trinajstić information content (AvgIpc) is 3.16. The van der Waals surface area contributed by atoms with Crippen LogP contribution in [-0.2, 0) is 12.8 Å². The summed E-state index contributed by atoms with van der Waals surface area (Å²) in [6.07, 6.45) is 6.93. The number of benzene rings is 2. The van der Waals surface area contributed by atoms with Crippen molar-refractivity contribution in [3.05, 3.63) is 75.1 Å². The molecule has 1 N–H and O–H groups in total. The Bertz CT molecular complexity index is 1160. The lowest BCUT2D eigenvalue weighted by atomic mass is 9.72. The first kappa shape index (κ1) is 24.1. The van der Waals surface area contributed by atoms with Crippen molar-refractivity contribution < 1.29 is 4.79 Å². The molecule has 1 aliphatic rings. The molecule has 2 aromatic carbocycles. The number of halogens is 1. The van der Waals surface area contributed by atoms with E-state index in [-0.39, 0.29) is 11.3 Å². The number of nitrogens with one attached hydrogen (secondary N) is 1. The molecule has 3 nitrogen and oxygen atoms in total. The molecule has 0 fully saturated rings. The third-order valence-corrected chi connectivity index (χ3v) is 8.41. The van der Waals surface area contributed by atoms with E-state index in [4.69, 9.17) is 16.6 Å². The minimum atomic E-state index is -0.103. The smallest absolute Gasteiger partial charge is 0.259 e. The predicted octanol–water partition coefficient (Wildman–Crippen LogP) is 8.28. The Hall–Kier alpha value is -2.08. The van der Waals surface area contributed by atoms with Crippen LogP contribution in [0.25, 0.3) is 0 Å². The number of aliphatic imine (C=N–C) groups is 1. The second-order valence-corrected chi connectivity index (χ2v) is 11.9. The van der Waals surface area contributed by atoms with Gasteiger partial charge in [-0.1, -0.05) is 44.5 Å². The number of nitrogens with zero attached hydrogens (tertiary/aromatic N) is 1. The van der Waals surface area contributed by atoms with Crippen molar-refractivity contribution in [3.63, 3.8) is 0 Å². The van der Waals surface area contributed by atoms with Gasteiger partial charge in [0.25, 0.3) is 5.91 Å². The summed E-state index contributed by atoms with van der Waals surface area (Å²) in [6.45, 7) is 6.92. The number of rotatable bonds is 5. The first-order valence-corrected chi connectivity index (χ1v) is 13.6. The summed E-state index contributed by atoms with van der Waals surface area (Å²) in [5, 5.41) is 4.48. The number of amides is 1. The fourth-order valence-electron chi connectivity index (χ4n) is 4.19. The summed E-state index contributed by atoms with van der Waals surface area (Å²) >= 11 is 9.39. The van der Waals surface area contributed by atoms with Gasteiger partial charge in [0.2, 0.25) is 0 Å². The maximum Gasteiger partial charge on any atom is 0.259 e. The van der Waals surface area contributed by atoms with Gasteiger partial charge in [0.1, 0.15) is 5.00 Å². The first-order valence-electron chi connectivity index (χ1n) is 11.1. The highest BCUT2D eigenvalue weighted by Gasteiger charge is 2.33. The topological polar surface area (TPSA) is 41.5 Å². The highest BCUT2D eigenvalue weighted by Crippen LogP contribution is 2.45. The Morgan fingerprint density at radius 2 is 1.85 bits per heavy atom. The molecule has 1 aliphatic carbocycles. The molecule has 4 rings (SSSR count). The van der Waals surface area contributed by atoms with Crippen molar-refractivity contribution >= 4 is 57.5 Å². The van der Waals surface area contributed by atoms with Gasteiger partial charge in [-0.25, -0.2) is 4.99 Å². The van der Waals surface area contributed by atoms with E-state index in [1.165, 1.54) is 9.77 Å². The van der Waals surface area contributed by atoms with Gasteiger partial charge < -0.3 is 5.32 Å². The Morgan fingerprint density at radius 1 is 1.15 bits per heavy atom. The zero-order chi connectivity index (χ0) is 23.6. The lowest BCUT2D eigenvalue weighted by molar-refractivity contribution is 0.102. The van der Waals surface area contributed by atoms with Crippen LogP contribution in [0.15, 0.2) is 58.4 Å². The van der Waals surface area contributed by atoms with Crippen LogP contribution in [0.3, 0.4) is 0 Å². The van der Waals surface area contributed by atoms with Crippen LogP contribution in [0.1, 0.15) is 53.6 Å². The molecule has 0 spiro atoms. The van der Waals surface area contributed by atoms with Crippen LogP contribution in [-0.4, -0.2) is 18.4 Å². The van der Waals surface area contributed by atoms with Gasteiger partial charge in [-0.05, 0) is 84.4 Å². The highest BCUT2D eigenvalue weighted by atomic mass is 35.5. The molecule has 0 saturated heterocycles. The highest BCUT2D eigenvalue weighted by molar-refractivity contribution is 7.98. The molecule has 0 aliphatic heterocycles. The third-order valence-electron chi connectivity index (χ3n) is 6.25. The molecule has 33 heavy (non-hydrogen) atoms. The fourth-order valence-corrected chi connectivity index (χ4v) is 5.99. The van der Waals surface area contributed by atoms with Gasteiger partial charge in [0.05, 0.1) is 5.56 Å². The van der Waals surface area contributed by atoms with Crippen molar-refractivity contribution in [2.24, 2.45) is 16.3 Å². The second kappa shape index (κ2) is 10.0. The van der Waals surface area contributed by atoms with E-state index in [1.807, 2.05) is 18.3 Å². The van der Waals surface area contributed by atoms with Gasteiger partial charge in [-0.3, -0.25) is 4.79 Å². The number of hydrogen-bond acceptors (Lipinski definition) is 4. The number of hydrogen-bond donors (Lipinski definition) is 1. The lowest BCUT2D eigenvalue weighted by Gasteiger charge is -2.33. The SMILES string of the molecule is CSc1ccc(C=Nc2sc3c(c2C(=O)Nc2ccc(Cl)cc2)CC[C@@H](C(C)(C)C)C3)cc1. The van der Waals surface area contributed by atoms with Gasteiger partial charge in [0, 0.05) is 26.7 Å². The van der Waals surface area contributed by atoms with Crippen molar-refractivity contribution in [2.45, 2.75) is 44.9 Å². The van der Waals surface area contributed by atoms with E-state index in [0.717, 1.165) is 41.1 Å². The molecular weight excluding hydrogens is 468 g/mol. The maximum absolute atomic E-state index is 13.4. The molecular formula is C27H29ClN2OS2.